The van der Waals surface area contributed by atoms with Crippen LogP contribution in [0.1, 0.15) is 38.5 Å². The number of fused-ring (bicyclic) bond motifs is 1. The van der Waals surface area contributed by atoms with Crippen molar-refractivity contribution < 1.29 is 0 Å². The third-order valence-electron chi connectivity index (χ3n) is 4.52. The monoisotopic (exact) mass is 267 g/mol. The van der Waals surface area contributed by atoms with E-state index in [1.54, 1.807) is 0 Å². The zero-order valence-corrected chi connectivity index (χ0v) is 12.1. The summed E-state index contributed by atoms with van der Waals surface area (Å²) in [5.74, 6) is 2.20. The van der Waals surface area contributed by atoms with Gasteiger partial charge in [0, 0.05) is 18.3 Å². The summed E-state index contributed by atoms with van der Waals surface area (Å²) in [4.78, 5) is 7.31. The molecular weight excluding hydrogens is 242 g/mol. The molecule has 2 aliphatic heterocycles. The Morgan fingerprint density at radius 2 is 2.00 bits per heavy atom. The van der Waals surface area contributed by atoms with Crippen molar-refractivity contribution in [2.24, 2.45) is 10.9 Å². The Balaban J connectivity index is 1.44. The predicted octanol–water partition coefficient (Wildman–Crippen LogP) is 2.33. The van der Waals surface area contributed by atoms with Gasteiger partial charge in [-0.15, -0.1) is 0 Å². The van der Waals surface area contributed by atoms with Gasteiger partial charge in [0.2, 0.25) is 0 Å². The number of amidine groups is 1. The Bertz CT molecular complexity index is 299. The summed E-state index contributed by atoms with van der Waals surface area (Å²) in [5.41, 5.74) is 0. The summed E-state index contributed by atoms with van der Waals surface area (Å²) in [6.45, 7) is 4.71. The van der Waals surface area contributed by atoms with Crippen LogP contribution < -0.4 is 5.32 Å². The Kier molecular flexibility index (Phi) is 4.47. The van der Waals surface area contributed by atoms with Crippen molar-refractivity contribution in [3.63, 3.8) is 0 Å². The molecule has 2 atom stereocenters. The highest BCUT2D eigenvalue weighted by molar-refractivity contribution is 8.13. The van der Waals surface area contributed by atoms with Crippen molar-refractivity contribution in [2.45, 2.75) is 44.6 Å². The van der Waals surface area contributed by atoms with Crippen LogP contribution in [0.5, 0.6) is 0 Å². The number of thioether (sulfide) groups is 1. The fourth-order valence-electron chi connectivity index (χ4n) is 3.37. The largest absolute Gasteiger partial charge is 0.362 e. The number of nitrogens with one attached hydrogen (secondary N) is 1. The molecule has 0 amide bonds. The van der Waals surface area contributed by atoms with Gasteiger partial charge in [-0.05, 0) is 44.7 Å². The minimum Gasteiger partial charge on any atom is -0.362 e. The van der Waals surface area contributed by atoms with Crippen LogP contribution in [0.2, 0.25) is 0 Å². The summed E-state index contributed by atoms with van der Waals surface area (Å²) >= 11 is 1.95. The average molecular weight is 267 g/mol. The highest BCUT2D eigenvalue weighted by Crippen LogP contribution is 2.31. The third kappa shape index (κ3) is 3.21. The van der Waals surface area contributed by atoms with Gasteiger partial charge in [0.05, 0.1) is 6.54 Å². The maximum absolute atomic E-state index is 4.76. The number of likely N-dealkylation sites (tertiary alicyclic amines) is 1. The smallest absolute Gasteiger partial charge is 0.156 e. The molecule has 1 saturated carbocycles. The number of aliphatic imine (C=N–C) groups is 1. The Labute approximate surface area is 115 Å². The van der Waals surface area contributed by atoms with E-state index in [4.69, 9.17) is 4.99 Å². The lowest BCUT2D eigenvalue weighted by Gasteiger charge is -2.36. The first-order chi connectivity index (χ1) is 8.92. The topological polar surface area (TPSA) is 27.6 Å². The molecule has 1 aliphatic carbocycles. The molecule has 3 aliphatic rings. The molecule has 0 bridgehead atoms. The SMILES string of the molecule is C1CCC2NC(=NCCN3CCCC3)SCC2C1. The number of rotatable bonds is 3. The molecule has 2 saturated heterocycles. The molecule has 2 unspecified atom stereocenters. The fourth-order valence-corrected chi connectivity index (χ4v) is 4.56. The molecule has 3 nitrogen and oxygen atoms in total. The molecule has 0 aromatic rings. The van der Waals surface area contributed by atoms with Crippen LogP contribution in [-0.4, -0.2) is 48.0 Å². The van der Waals surface area contributed by atoms with Crippen molar-refractivity contribution >= 4 is 16.9 Å². The second kappa shape index (κ2) is 6.29. The summed E-state index contributed by atoms with van der Waals surface area (Å²) in [5, 5.41) is 4.89. The van der Waals surface area contributed by atoms with Crippen molar-refractivity contribution in [3.05, 3.63) is 0 Å². The van der Waals surface area contributed by atoms with E-state index in [1.807, 2.05) is 11.8 Å². The van der Waals surface area contributed by atoms with Crippen LogP contribution in [0.25, 0.3) is 0 Å². The molecular formula is C14H25N3S. The minimum absolute atomic E-state index is 0.727. The molecule has 0 radical (unpaired) electrons. The quantitative estimate of drug-likeness (QED) is 0.850. The van der Waals surface area contributed by atoms with Crippen LogP contribution in [0, 0.1) is 5.92 Å². The lowest BCUT2D eigenvalue weighted by molar-refractivity contribution is 0.310. The van der Waals surface area contributed by atoms with Crippen molar-refractivity contribution in [1.82, 2.24) is 10.2 Å². The van der Waals surface area contributed by atoms with E-state index in [9.17, 15) is 0 Å². The van der Waals surface area contributed by atoms with Crippen LogP contribution in [0.4, 0.5) is 0 Å². The summed E-state index contributed by atoms with van der Waals surface area (Å²) in [6.07, 6.45) is 8.38. The minimum atomic E-state index is 0.727. The van der Waals surface area contributed by atoms with Crippen LogP contribution in [0.15, 0.2) is 4.99 Å². The first kappa shape index (κ1) is 12.8. The van der Waals surface area contributed by atoms with Gasteiger partial charge in [-0.25, -0.2) is 0 Å². The normalized spacial score (nSPS) is 35.4. The molecule has 102 valence electrons. The second-order valence-electron chi connectivity index (χ2n) is 5.84. The molecule has 2 heterocycles. The van der Waals surface area contributed by atoms with Gasteiger partial charge in [-0.2, -0.15) is 0 Å². The molecule has 0 spiro atoms. The summed E-state index contributed by atoms with van der Waals surface area (Å²) < 4.78 is 0. The lowest BCUT2D eigenvalue weighted by atomic mass is 9.86. The molecule has 0 aromatic carbocycles. The number of hydrogen-bond donors (Lipinski definition) is 1. The van der Waals surface area contributed by atoms with E-state index >= 15 is 0 Å². The van der Waals surface area contributed by atoms with Crippen molar-refractivity contribution in [3.8, 4) is 0 Å². The first-order valence-corrected chi connectivity index (χ1v) is 8.56. The number of nitrogens with zero attached hydrogens (tertiary/aromatic N) is 2. The van der Waals surface area contributed by atoms with E-state index in [0.29, 0.717) is 0 Å². The molecule has 3 fully saturated rings. The highest BCUT2D eigenvalue weighted by atomic mass is 32.2. The van der Waals surface area contributed by atoms with E-state index in [1.165, 1.54) is 62.5 Å². The van der Waals surface area contributed by atoms with Gasteiger partial charge in [0.25, 0.3) is 0 Å². The highest BCUT2D eigenvalue weighted by Gasteiger charge is 2.30. The summed E-state index contributed by atoms with van der Waals surface area (Å²) in [6, 6.07) is 0.727. The predicted molar refractivity (Wildman–Crippen MR) is 79.3 cm³/mol. The Hall–Kier alpha value is -0.220. The summed E-state index contributed by atoms with van der Waals surface area (Å²) in [7, 11) is 0. The van der Waals surface area contributed by atoms with Crippen LogP contribution in [0.3, 0.4) is 0 Å². The molecule has 0 aromatic heterocycles. The molecule has 4 heteroatoms. The van der Waals surface area contributed by atoms with Gasteiger partial charge in [0.15, 0.2) is 5.17 Å². The van der Waals surface area contributed by atoms with Gasteiger partial charge >= 0.3 is 0 Å². The molecule has 1 N–H and O–H groups in total. The molecule has 3 rings (SSSR count). The zero-order valence-electron chi connectivity index (χ0n) is 11.2. The Morgan fingerprint density at radius 3 is 2.89 bits per heavy atom. The fraction of sp³-hybridized carbons (Fsp3) is 0.929. The number of hydrogen-bond acceptors (Lipinski definition) is 3. The van der Waals surface area contributed by atoms with E-state index in [0.717, 1.165) is 25.0 Å². The van der Waals surface area contributed by atoms with Crippen molar-refractivity contribution in [2.75, 3.05) is 31.9 Å². The lowest BCUT2D eigenvalue weighted by Crippen LogP contribution is -2.46. The first-order valence-electron chi connectivity index (χ1n) is 7.58. The van der Waals surface area contributed by atoms with Gasteiger partial charge in [0.1, 0.15) is 0 Å². The van der Waals surface area contributed by atoms with E-state index < -0.39 is 0 Å². The third-order valence-corrected chi connectivity index (χ3v) is 5.64. The van der Waals surface area contributed by atoms with Crippen LogP contribution in [-0.2, 0) is 0 Å². The van der Waals surface area contributed by atoms with Crippen molar-refractivity contribution in [1.29, 1.82) is 0 Å². The maximum atomic E-state index is 4.76. The van der Waals surface area contributed by atoms with Crippen LogP contribution >= 0.6 is 11.8 Å². The maximum Gasteiger partial charge on any atom is 0.156 e. The van der Waals surface area contributed by atoms with Gasteiger partial charge in [-0.1, -0.05) is 24.6 Å². The second-order valence-corrected chi connectivity index (χ2v) is 6.85. The van der Waals surface area contributed by atoms with E-state index in [2.05, 4.69) is 10.2 Å². The van der Waals surface area contributed by atoms with E-state index in [-0.39, 0.29) is 0 Å². The van der Waals surface area contributed by atoms with Gasteiger partial charge in [-0.3, -0.25) is 4.99 Å². The zero-order chi connectivity index (χ0) is 12.2. The molecule has 18 heavy (non-hydrogen) atoms. The average Bonchev–Trinajstić information content (AvgIpc) is 2.92. The Morgan fingerprint density at radius 1 is 1.17 bits per heavy atom. The standard InChI is InChI=1S/C14H25N3S/c1-2-6-13-12(5-1)11-18-14(16-13)15-7-10-17-8-3-4-9-17/h12-13H,1-11H2,(H,15,16). The van der Waals surface area contributed by atoms with Gasteiger partial charge < -0.3 is 10.2 Å².